The number of anilines is 2. The van der Waals surface area contributed by atoms with Gasteiger partial charge in [-0.1, -0.05) is 41.7 Å². The summed E-state index contributed by atoms with van der Waals surface area (Å²) in [5.41, 5.74) is 4.79. The number of benzene rings is 3. The van der Waals surface area contributed by atoms with Crippen LogP contribution in [0.5, 0.6) is 5.75 Å². The predicted octanol–water partition coefficient (Wildman–Crippen LogP) is 5.59. The lowest BCUT2D eigenvalue weighted by Gasteiger charge is -2.07. The summed E-state index contributed by atoms with van der Waals surface area (Å²) in [5.74, 6) is 1.61. The van der Waals surface area contributed by atoms with Crippen LogP contribution in [0.2, 0.25) is 0 Å². The number of thiazole rings is 1. The summed E-state index contributed by atoms with van der Waals surface area (Å²) in [5, 5.41) is 4.27. The van der Waals surface area contributed by atoms with Crippen LogP contribution in [-0.4, -0.2) is 22.1 Å². The summed E-state index contributed by atoms with van der Waals surface area (Å²) in [6.07, 6.45) is 0. The van der Waals surface area contributed by atoms with Crippen molar-refractivity contribution in [2.24, 2.45) is 0 Å². The van der Waals surface area contributed by atoms with Crippen molar-refractivity contribution in [1.82, 2.24) is 15.0 Å². The number of hydrogen-bond acceptors (Lipinski definition) is 5. The van der Waals surface area contributed by atoms with E-state index in [1.807, 2.05) is 66.7 Å². The van der Waals surface area contributed by atoms with Gasteiger partial charge in [0.1, 0.15) is 17.1 Å². The number of rotatable bonds is 4. The lowest BCUT2D eigenvalue weighted by atomic mass is 10.1. The first-order valence-electron chi connectivity index (χ1n) is 8.56. The van der Waals surface area contributed by atoms with E-state index < -0.39 is 0 Å². The molecule has 2 aromatic heterocycles. The molecule has 5 nitrogen and oxygen atoms in total. The minimum absolute atomic E-state index is 0.780. The Labute approximate surface area is 159 Å². The fourth-order valence-electron chi connectivity index (χ4n) is 3.14. The molecule has 0 saturated heterocycles. The number of aromatic nitrogens is 3. The van der Waals surface area contributed by atoms with E-state index in [-0.39, 0.29) is 0 Å². The maximum Gasteiger partial charge on any atom is 0.188 e. The molecule has 5 rings (SSSR count). The van der Waals surface area contributed by atoms with E-state index >= 15 is 0 Å². The number of methoxy groups -OCH3 is 1. The third-order valence-corrected chi connectivity index (χ3v) is 5.35. The number of imidazole rings is 1. The number of ether oxygens (including phenoxy) is 1. The molecule has 5 aromatic rings. The van der Waals surface area contributed by atoms with Gasteiger partial charge in [-0.3, -0.25) is 0 Å². The molecule has 0 spiro atoms. The van der Waals surface area contributed by atoms with E-state index in [1.54, 1.807) is 18.4 Å². The zero-order chi connectivity index (χ0) is 18.2. The first-order chi connectivity index (χ1) is 13.3. The first kappa shape index (κ1) is 15.8. The molecule has 0 amide bonds. The van der Waals surface area contributed by atoms with Crippen molar-refractivity contribution in [2.45, 2.75) is 0 Å². The van der Waals surface area contributed by atoms with E-state index in [1.165, 1.54) is 0 Å². The fraction of sp³-hybridized carbons (Fsp3) is 0.0476. The normalized spacial score (nSPS) is 11.1. The second-order valence-corrected chi connectivity index (χ2v) is 7.13. The second-order valence-electron chi connectivity index (χ2n) is 6.10. The first-order valence-corrected chi connectivity index (χ1v) is 9.38. The molecular weight excluding hydrogens is 356 g/mol. The minimum Gasteiger partial charge on any atom is -0.494 e. The molecule has 0 fully saturated rings. The summed E-state index contributed by atoms with van der Waals surface area (Å²) in [4.78, 5) is 12.8. The highest BCUT2D eigenvalue weighted by atomic mass is 32.1. The number of nitrogens with zero attached hydrogens (tertiary/aromatic N) is 2. The van der Waals surface area contributed by atoms with Crippen molar-refractivity contribution >= 4 is 43.4 Å². The molecule has 0 atom stereocenters. The van der Waals surface area contributed by atoms with Crippen LogP contribution < -0.4 is 10.1 Å². The quantitative estimate of drug-likeness (QED) is 0.431. The van der Waals surface area contributed by atoms with Crippen molar-refractivity contribution in [1.29, 1.82) is 0 Å². The molecule has 0 aliphatic heterocycles. The standard InChI is InChI=1S/C21H16N4OS/c1-26-17-11-6-12-18-19(17)25-21(27-18)24-14-8-3-2-7-13(14)20-22-15-9-4-5-10-16(15)23-20/h2-12H,1H3,(H,22,23)(H,24,25). The van der Waals surface area contributed by atoms with Crippen LogP contribution in [0.1, 0.15) is 0 Å². The summed E-state index contributed by atoms with van der Waals surface area (Å²) in [7, 11) is 1.66. The molecule has 3 aromatic carbocycles. The van der Waals surface area contributed by atoms with E-state index in [0.29, 0.717) is 0 Å². The van der Waals surface area contributed by atoms with E-state index in [2.05, 4.69) is 10.3 Å². The predicted molar refractivity (Wildman–Crippen MR) is 111 cm³/mol. The van der Waals surface area contributed by atoms with Gasteiger partial charge in [0.15, 0.2) is 5.13 Å². The summed E-state index contributed by atoms with van der Waals surface area (Å²) in [6, 6.07) is 22.1. The van der Waals surface area contributed by atoms with Crippen molar-refractivity contribution in [3.8, 4) is 17.1 Å². The monoisotopic (exact) mass is 372 g/mol. The van der Waals surface area contributed by atoms with Crippen LogP contribution in [0.15, 0.2) is 66.7 Å². The van der Waals surface area contributed by atoms with Gasteiger partial charge >= 0.3 is 0 Å². The number of fused-ring (bicyclic) bond motifs is 2. The van der Waals surface area contributed by atoms with E-state index in [9.17, 15) is 0 Å². The van der Waals surface area contributed by atoms with Crippen LogP contribution in [0, 0.1) is 0 Å². The highest BCUT2D eigenvalue weighted by Gasteiger charge is 2.13. The van der Waals surface area contributed by atoms with Crippen molar-refractivity contribution in [2.75, 3.05) is 12.4 Å². The minimum atomic E-state index is 0.780. The largest absolute Gasteiger partial charge is 0.494 e. The Kier molecular flexibility index (Phi) is 3.76. The highest BCUT2D eigenvalue weighted by Crippen LogP contribution is 2.35. The van der Waals surface area contributed by atoms with Crippen LogP contribution in [-0.2, 0) is 0 Å². The van der Waals surface area contributed by atoms with E-state index in [4.69, 9.17) is 14.7 Å². The molecule has 0 unspecified atom stereocenters. The zero-order valence-corrected chi connectivity index (χ0v) is 15.4. The summed E-state index contributed by atoms with van der Waals surface area (Å²) < 4.78 is 6.50. The Bertz CT molecular complexity index is 1220. The van der Waals surface area contributed by atoms with Gasteiger partial charge in [0, 0.05) is 5.56 Å². The van der Waals surface area contributed by atoms with Gasteiger partial charge < -0.3 is 15.0 Å². The Morgan fingerprint density at radius 3 is 2.67 bits per heavy atom. The third kappa shape index (κ3) is 2.80. The van der Waals surface area contributed by atoms with E-state index in [0.717, 1.165) is 49.2 Å². The van der Waals surface area contributed by atoms with Gasteiger partial charge in [-0.15, -0.1) is 0 Å². The zero-order valence-electron chi connectivity index (χ0n) is 14.6. The number of hydrogen-bond donors (Lipinski definition) is 2. The fourth-order valence-corrected chi connectivity index (χ4v) is 4.03. The molecular formula is C21H16N4OS. The van der Waals surface area contributed by atoms with Gasteiger partial charge in [-0.25, -0.2) is 9.97 Å². The Morgan fingerprint density at radius 2 is 1.78 bits per heavy atom. The lowest BCUT2D eigenvalue weighted by molar-refractivity contribution is 0.419. The third-order valence-electron chi connectivity index (χ3n) is 4.42. The van der Waals surface area contributed by atoms with Crippen molar-refractivity contribution < 1.29 is 4.74 Å². The van der Waals surface area contributed by atoms with Gasteiger partial charge in [-0.05, 0) is 36.4 Å². The highest BCUT2D eigenvalue weighted by molar-refractivity contribution is 7.22. The Morgan fingerprint density at radius 1 is 0.926 bits per heavy atom. The average Bonchev–Trinajstić information content (AvgIpc) is 3.31. The maximum atomic E-state index is 5.42. The Balaban J connectivity index is 1.57. The van der Waals surface area contributed by atoms with Gasteiger partial charge in [0.25, 0.3) is 0 Å². The molecule has 132 valence electrons. The molecule has 0 saturated carbocycles. The van der Waals surface area contributed by atoms with Crippen molar-refractivity contribution in [3.63, 3.8) is 0 Å². The smallest absolute Gasteiger partial charge is 0.188 e. The molecule has 0 aliphatic rings. The average molecular weight is 372 g/mol. The molecule has 0 radical (unpaired) electrons. The number of H-pyrrole nitrogens is 1. The summed E-state index contributed by atoms with van der Waals surface area (Å²) >= 11 is 1.60. The molecule has 6 heteroatoms. The molecule has 0 bridgehead atoms. The van der Waals surface area contributed by atoms with Crippen molar-refractivity contribution in [3.05, 3.63) is 66.7 Å². The van der Waals surface area contributed by atoms with Gasteiger partial charge in [-0.2, -0.15) is 0 Å². The number of nitrogens with one attached hydrogen (secondary N) is 2. The second kappa shape index (κ2) is 6.41. The molecule has 0 aliphatic carbocycles. The van der Waals surface area contributed by atoms with Crippen LogP contribution in [0.3, 0.4) is 0 Å². The number of para-hydroxylation sites is 4. The Hall–Kier alpha value is -3.38. The van der Waals surface area contributed by atoms with Crippen LogP contribution in [0.25, 0.3) is 32.6 Å². The molecule has 2 N–H and O–H groups in total. The number of aromatic amines is 1. The lowest BCUT2D eigenvalue weighted by Crippen LogP contribution is -1.93. The summed E-state index contributed by atoms with van der Waals surface area (Å²) in [6.45, 7) is 0. The van der Waals surface area contributed by atoms with Gasteiger partial charge in [0.05, 0.1) is 28.5 Å². The van der Waals surface area contributed by atoms with Crippen LogP contribution >= 0.6 is 11.3 Å². The molecule has 2 heterocycles. The maximum absolute atomic E-state index is 5.42. The van der Waals surface area contributed by atoms with Gasteiger partial charge in [0.2, 0.25) is 0 Å². The topological polar surface area (TPSA) is 62.8 Å². The van der Waals surface area contributed by atoms with Crippen LogP contribution in [0.4, 0.5) is 10.8 Å². The SMILES string of the molecule is COc1cccc2sc(Nc3ccccc3-c3nc4ccccc4[nH]3)nc12. The molecule has 27 heavy (non-hydrogen) atoms.